The van der Waals surface area contributed by atoms with E-state index in [1.165, 1.54) is 11.3 Å². The van der Waals surface area contributed by atoms with Crippen LogP contribution in [0.1, 0.15) is 44.9 Å². The first-order valence-corrected chi connectivity index (χ1v) is 7.49. The van der Waals surface area contributed by atoms with Crippen molar-refractivity contribution in [3.05, 3.63) is 0 Å². The fraction of sp³-hybridized carbons (Fsp3) is 0.786. The molecular weight excluding hydrogens is 274 g/mol. The van der Waals surface area contributed by atoms with Crippen molar-refractivity contribution in [3.63, 3.8) is 0 Å². The summed E-state index contributed by atoms with van der Waals surface area (Å²) in [6.07, 6.45) is 5.93. The molecule has 0 aliphatic heterocycles. The summed E-state index contributed by atoms with van der Waals surface area (Å²) in [5.74, 6) is -1.10. The van der Waals surface area contributed by atoms with Gasteiger partial charge in [0.05, 0.1) is 6.54 Å². The number of hydrogen-bond donors (Lipinski definition) is 3. The van der Waals surface area contributed by atoms with Crippen molar-refractivity contribution in [1.82, 2.24) is 15.5 Å². The van der Waals surface area contributed by atoms with Crippen molar-refractivity contribution >= 4 is 17.9 Å². The minimum Gasteiger partial charge on any atom is -0.481 e. The fourth-order valence-electron chi connectivity index (χ4n) is 2.37. The molecule has 0 saturated heterocycles. The number of urea groups is 1. The van der Waals surface area contributed by atoms with Crippen molar-refractivity contribution in [3.8, 4) is 0 Å². The van der Waals surface area contributed by atoms with Crippen LogP contribution in [-0.4, -0.2) is 54.1 Å². The SMILES string of the molecule is CN(CCCC(=O)O)C(=O)CNC(=O)NC1CCCCC1. The molecule has 21 heavy (non-hydrogen) atoms. The van der Waals surface area contributed by atoms with E-state index in [0.717, 1.165) is 25.7 Å². The van der Waals surface area contributed by atoms with Gasteiger partial charge in [0.25, 0.3) is 0 Å². The summed E-state index contributed by atoms with van der Waals surface area (Å²) in [6, 6.07) is -0.101. The zero-order chi connectivity index (χ0) is 15.7. The number of carbonyl (C=O) groups is 3. The van der Waals surface area contributed by atoms with E-state index in [1.54, 1.807) is 7.05 Å². The van der Waals surface area contributed by atoms with E-state index in [1.807, 2.05) is 0 Å². The zero-order valence-electron chi connectivity index (χ0n) is 12.6. The monoisotopic (exact) mass is 299 g/mol. The predicted molar refractivity (Wildman–Crippen MR) is 77.9 cm³/mol. The van der Waals surface area contributed by atoms with Gasteiger partial charge in [-0.2, -0.15) is 0 Å². The largest absolute Gasteiger partial charge is 0.481 e. The van der Waals surface area contributed by atoms with Gasteiger partial charge in [-0.05, 0) is 19.3 Å². The lowest BCUT2D eigenvalue weighted by atomic mass is 9.96. The van der Waals surface area contributed by atoms with Crippen LogP contribution in [0.15, 0.2) is 0 Å². The maximum absolute atomic E-state index is 11.8. The highest BCUT2D eigenvalue weighted by Crippen LogP contribution is 2.17. The van der Waals surface area contributed by atoms with Crippen LogP contribution < -0.4 is 10.6 Å². The van der Waals surface area contributed by atoms with E-state index in [9.17, 15) is 14.4 Å². The van der Waals surface area contributed by atoms with Gasteiger partial charge in [0.1, 0.15) is 0 Å². The Morgan fingerprint density at radius 3 is 2.48 bits per heavy atom. The van der Waals surface area contributed by atoms with Crippen molar-refractivity contribution < 1.29 is 19.5 Å². The Balaban J connectivity index is 2.15. The average molecular weight is 299 g/mol. The number of nitrogens with zero attached hydrogens (tertiary/aromatic N) is 1. The molecule has 0 radical (unpaired) electrons. The predicted octanol–water partition coefficient (Wildman–Crippen LogP) is 0.941. The molecule has 1 rings (SSSR count). The van der Waals surface area contributed by atoms with Crippen molar-refractivity contribution in [2.75, 3.05) is 20.1 Å². The molecule has 1 fully saturated rings. The summed E-state index contributed by atoms with van der Waals surface area (Å²) >= 11 is 0. The molecule has 1 saturated carbocycles. The van der Waals surface area contributed by atoms with E-state index in [-0.39, 0.29) is 30.9 Å². The second-order valence-corrected chi connectivity index (χ2v) is 5.47. The summed E-state index contributed by atoms with van der Waals surface area (Å²) in [7, 11) is 1.60. The quantitative estimate of drug-likeness (QED) is 0.651. The Morgan fingerprint density at radius 1 is 1.19 bits per heavy atom. The number of likely N-dealkylation sites (N-methyl/N-ethyl adjacent to an activating group) is 1. The van der Waals surface area contributed by atoms with Crippen LogP contribution in [0.5, 0.6) is 0 Å². The average Bonchev–Trinajstić information content (AvgIpc) is 2.45. The van der Waals surface area contributed by atoms with E-state index in [4.69, 9.17) is 5.11 Å². The van der Waals surface area contributed by atoms with Crippen LogP contribution in [0.3, 0.4) is 0 Å². The van der Waals surface area contributed by atoms with E-state index in [2.05, 4.69) is 10.6 Å². The van der Waals surface area contributed by atoms with Crippen molar-refractivity contribution in [1.29, 1.82) is 0 Å². The van der Waals surface area contributed by atoms with Crippen molar-refractivity contribution in [2.45, 2.75) is 51.0 Å². The normalized spacial score (nSPS) is 15.3. The molecule has 0 aromatic carbocycles. The van der Waals surface area contributed by atoms with Gasteiger partial charge in [0.15, 0.2) is 0 Å². The van der Waals surface area contributed by atoms with Gasteiger partial charge in [-0.1, -0.05) is 19.3 Å². The summed E-state index contributed by atoms with van der Waals surface area (Å²) in [5.41, 5.74) is 0. The minimum atomic E-state index is -0.874. The molecule has 0 spiro atoms. The van der Waals surface area contributed by atoms with E-state index < -0.39 is 5.97 Å². The number of rotatable bonds is 7. The number of carboxylic acids is 1. The molecular formula is C14H25N3O4. The maximum Gasteiger partial charge on any atom is 0.315 e. The van der Waals surface area contributed by atoms with Crippen LogP contribution in [0.4, 0.5) is 4.79 Å². The summed E-state index contributed by atoms with van der Waals surface area (Å²) < 4.78 is 0. The second kappa shape index (κ2) is 9.20. The van der Waals surface area contributed by atoms with Crippen molar-refractivity contribution in [2.24, 2.45) is 0 Å². The highest BCUT2D eigenvalue weighted by Gasteiger charge is 2.16. The highest BCUT2D eigenvalue weighted by atomic mass is 16.4. The number of carbonyl (C=O) groups excluding carboxylic acids is 2. The lowest BCUT2D eigenvalue weighted by Crippen LogP contribution is -2.46. The highest BCUT2D eigenvalue weighted by molar-refractivity contribution is 5.83. The molecule has 0 aromatic heterocycles. The molecule has 1 aliphatic carbocycles. The first-order valence-electron chi connectivity index (χ1n) is 7.49. The Labute approximate surface area is 125 Å². The molecule has 0 heterocycles. The van der Waals surface area contributed by atoms with Gasteiger partial charge in [-0.3, -0.25) is 9.59 Å². The lowest BCUT2D eigenvalue weighted by molar-refractivity contribution is -0.137. The Hall–Kier alpha value is -1.79. The summed E-state index contributed by atoms with van der Waals surface area (Å²) in [6.45, 7) is 0.305. The first-order chi connectivity index (χ1) is 9.99. The molecule has 120 valence electrons. The number of nitrogens with one attached hydrogen (secondary N) is 2. The maximum atomic E-state index is 11.8. The van der Waals surface area contributed by atoms with Crippen LogP contribution in [0.2, 0.25) is 0 Å². The van der Waals surface area contributed by atoms with E-state index in [0.29, 0.717) is 13.0 Å². The summed E-state index contributed by atoms with van der Waals surface area (Å²) in [5, 5.41) is 14.0. The zero-order valence-corrected chi connectivity index (χ0v) is 12.6. The molecule has 0 bridgehead atoms. The third kappa shape index (κ3) is 7.53. The summed E-state index contributed by atoms with van der Waals surface area (Å²) in [4.78, 5) is 35.2. The Morgan fingerprint density at radius 2 is 1.86 bits per heavy atom. The molecule has 1 aliphatic rings. The molecule has 7 heteroatoms. The van der Waals surface area contributed by atoms with Gasteiger partial charge in [-0.25, -0.2) is 4.79 Å². The standard InChI is InChI=1S/C14H25N3O4/c1-17(9-5-8-13(19)20)12(18)10-15-14(21)16-11-6-3-2-4-7-11/h11H,2-10H2,1H3,(H,19,20)(H2,15,16,21). The third-order valence-electron chi connectivity index (χ3n) is 3.65. The molecule has 3 N–H and O–H groups in total. The van der Waals surface area contributed by atoms with Crippen LogP contribution in [0.25, 0.3) is 0 Å². The fourth-order valence-corrected chi connectivity index (χ4v) is 2.37. The number of carboxylic acid groups (broad SMARTS) is 1. The van der Waals surface area contributed by atoms with Gasteiger partial charge in [0, 0.05) is 26.1 Å². The number of amides is 3. The number of aliphatic carboxylic acids is 1. The molecule has 0 aromatic rings. The Bertz CT molecular complexity index is 367. The van der Waals surface area contributed by atoms with Gasteiger partial charge < -0.3 is 20.6 Å². The molecule has 0 unspecified atom stereocenters. The first kappa shape index (κ1) is 17.3. The second-order valence-electron chi connectivity index (χ2n) is 5.47. The Kier molecular flexibility index (Phi) is 7.56. The lowest BCUT2D eigenvalue weighted by Gasteiger charge is -2.23. The molecule has 0 atom stereocenters. The smallest absolute Gasteiger partial charge is 0.315 e. The molecule has 3 amide bonds. The third-order valence-corrected chi connectivity index (χ3v) is 3.65. The van der Waals surface area contributed by atoms with Gasteiger partial charge in [0.2, 0.25) is 5.91 Å². The van der Waals surface area contributed by atoms with Gasteiger partial charge in [-0.15, -0.1) is 0 Å². The van der Waals surface area contributed by atoms with Gasteiger partial charge >= 0.3 is 12.0 Å². The number of hydrogen-bond acceptors (Lipinski definition) is 3. The van der Waals surface area contributed by atoms with Crippen LogP contribution >= 0.6 is 0 Å². The molecule has 7 nitrogen and oxygen atoms in total. The van der Waals surface area contributed by atoms with Crippen LogP contribution in [-0.2, 0) is 9.59 Å². The van der Waals surface area contributed by atoms with Crippen LogP contribution in [0, 0.1) is 0 Å². The minimum absolute atomic E-state index is 0.0349. The topological polar surface area (TPSA) is 98.7 Å². The van der Waals surface area contributed by atoms with E-state index >= 15 is 0 Å².